The zero-order valence-corrected chi connectivity index (χ0v) is 10.3. The summed E-state index contributed by atoms with van der Waals surface area (Å²) >= 11 is 1.64. The highest BCUT2D eigenvalue weighted by Gasteiger charge is 2.16. The number of aromatic nitrogens is 1. The number of piperazine rings is 1. The van der Waals surface area contributed by atoms with Crippen LogP contribution in [0.25, 0.3) is 0 Å². The minimum atomic E-state index is 0.273. The molecule has 1 saturated heterocycles. The zero-order valence-electron chi connectivity index (χ0n) is 9.53. The van der Waals surface area contributed by atoms with Crippen molar-refractivity contribution in [3.05, 3.63) is 16.1 Å². The van der Waals surface area contributed by atoms with Crippen molar-refractivity contribution < 1.29 is 4.79 Å². The Kier molecular flexibility index (Phi) is 3.90. The van der Waals surface area contributed by atoms with Gasteiger partial charge in [0.25, 0.3) is 0 Å². The fourth-order valence-corrected chi connectivity index (χ4v) is 2.64. The van der Waals surface area contributed by atoms with E-state index in [4.69, 9.17) is 0 Å². The number of rotatable bonds is 3. The molecule has 5 heteroatoms. The Bertz CT molecular complexity index is 358. The Morgan fingerprint density at radius 3 is 2.94 bits per heavy atom. The van der Waals surface area contributed by atoms with Crippen LogP contribution in [0.1, 0.15) is 17.0 Å². The molecule has 0 aromatic carbocycles. The first kappa shape index (κ1) is 11.5. The van der Waals surface area contributed by atoms with E-state index in [2.05, 4.69) is 10.3 Å². The zero-order chi connectivity index (χ0) is 11.4. The average molecular weight is 239 g/mol. The van der Waals surface area contributed by atoms with Gasteiger partial charge in [0.1, 0.15) is 0 Å². The minimum absolute atomic E-state index is 0.273. The van der Waals surface area contributed by atoms with Gasteiger partial charge in [-0.1, -0.05) is 0 Å². The van der Waals surface area contributed by atoms with Gasteiger partial charge in [-0.3, -0.25) is 4.79 Å². The summed E-state index contributed by atoms with van der Waals surface area (Å²) in [6.07, 6.45) is 1.45. The number of nitrogens with one attached hydrogen (secondary N) is 1. The summed E-state index contributed by atoms with van der Waals surface area (Å²) in [5, 5.41) is 3.25. The largest absolute Gasteiger partial charge is 0.340 e. The van der Waals surface area contributed by atoms with Crippen LogP contribution in [-0.2, 0) is 11.2 Å². The van der Waals surface area contributed by atoms with Gasteiger partial charge in [0.05, 0.1) is 11.2 Å². The predicted octanol–water partition coefficient (Wildman–Crippen LogP) is 0.816. The van der Waals surface area contributed by atoms with E-state index in [0.717, 1.165) is 38.3 Å². The Hall–Kier alpha value is -0.940. The van der Waals surface area contributed by atoms with E-state index in [0.29, 0.717) is 6.42 Å². The van der Waals surface area contributed by atoms with Gasteiger partial charge < -0.3 is 10.2 Å². The molecule has 1 fully saturated rings. The summed E-state index contributed by atoms with van der Waals surface area (Å²) < 4.78 is 0. The molecule has 0 unspecified atom stereocenters. The van der Waals surface area contributed by atoms with Crippen LogP contribution in [0.3, 0.4) is 0 Å². The van der Waals surface area contributed by atoms with Crippen molar-refractivity contribution in [2.75, 3.05) is 26.2 Å². The molecule has 16 heavy (non-hydrogen) atoms. The van der Waals surface area contributed by atoms with Gasteiger partial charge in [-0.15, -0.1) is 11.3 Å². The standard InChI is InChI=1S/C11H17N3OS/c1-9-10(16-8-13-9)2-3-11(15)14-6-4-12-5-7-14/h8,12H,2-7H2,1H3. The molecule has 1 amide bonds. The fraction of sp³-hybridized carbons (Fsp3) is 0.636. The number of nitrogens with zero attached hydrogens (tertiary/aromatic N) is 2. The van der Waals surface area contributed by atoms with E-state index in [1.807, 2.05) is 17.3 Å². The van der Waals surface area contributed by atoms with Gasteiger partial charge in [0.2, 0.25) is 5.91 Å². The maximum atomic E-state index is 11.9. The molecule has 88 valence electrons. The van der Waals surface area contributed by atoms with Crippen LogP contribution in [0.4, 0.5) is 0 Å². The quantitative estimate of drug-likeness (QED) is 0.849. The molecule has 0 spiro atoms. The second-order valence-corrected chi connectivity index (χ2v) is 4.93. The van der Waals surface area contributed by atoms with Crippen molar-refractivity contribution in [2.24, 2.45) is 0 Å². The van der Waals surface area contributed by atoms with Crippen molar-refractivity contribution >= 4 is 17.2 Å². The van der Waals surface area contributed by atoms with Gasteiger partial charge in [0, 0.05) is 37.5 Å². The third-order valence-corrected chi connectivity index (χ3v) is 3.88. The highest BCUT2D eigenvalue weighted by atomic mass is 32.1. The normalized spacial score (nSPS) is 16.4. The van der Waals surface area contributed by atoms with E-state index in [1.165, 1.54) is 4.88 Å². The van der Waals surface area contributed by atoms with E-state index in [-0.39, 0.29) is 5.91 Å². The maximum Gasteiger partial charge on any atom is 0.223 e. The first-order valence-corrected chi connectivity index (χ1v) is 6.53. The second kappa shape index (κ2) is 5.41. The average Bonchev–Trinajstić information content (AvgIpc) is 2.73. The lowest BCUT2D eigenvalue weighted by molar-refractivity contribution is -0.131. The molecule has 4 nitrogen and oxygen atoms in total. The second-order valence-electron chi connectivity index (χ2n) is 3.99. The van der Waals surface area contributed by atoms with Gasteiger partial charge >= 0.3 is 0 Å². The van der Waals surface area contributed by atoms with E-state index in [1.54, 1.807) is 11.3 Å². The summed E-state index contributed by atoms with van der Waals surface area (Å²) in [6, 6.07) is 0. The molecular formula is C11H17N3OS. The molecule has 1 aromatic heterocycles. The molecular weight excluding hydrogens is 222 g/mol. The van der Waals surface area contributed by atoms with Crippen molar-refractivity contribution in [3.63, 3.8) is 0 Å². The van der Waals surface area contributed by atoms with Crippen LogP contribution in [0.2, 0.25) is 0 Å². The van der Waals surface area contributed by atoms with Crippen LogP contribution in [0, 0.1) is 6.92 Å². The van der Waals surface area contributed by atoms with Crippen molar-refractivity contribution in [3.8, 4) is 0 Å². The first-order valence-electron chi connectivity index (χ1n) is 5.65. The van der Waals surface area contributed by atoms with Gasteiger partial charge in [-0.05, 0) is 13.3 Å². The number of aryl methyl sites for hydroxylation is 2. The smallest absolute Gasteiger partial charge is 0.223 e. The van der Waals surface area contributed by atoms with Gasteiger partial charge in [-0.2, -0.15) is 0 Å². The van der Waals surface area contributed by atoms with Crippen LogP contribution in [-0.4, -0.2) is 42.0 Å². The number of hydrogen-bond acceptors (Lipinski definition) is 4. The highest BCUT2D eigenvalue weighted by Crippen LogP contribution is 2.14. The lowest BCUT2D eigenvalue weighted by Gasteiger charge is -2.27. The molecule has 0 saturated carbocycles. The Labute approximate surface area is 99.7 Å². The van der Waals surface area contributed by atoms with Crippen LogP contribution in [0.5, 0.6) is 0 Å². The number of carbonyl (C=O) groups is 1. The lowest BCUT2D eigenvalue weighted by Crippen LogP contribution is -2.46. The Morgan fingerprint density at radius 2 is 2.31 bits per heavy atom. The molecule has 0 bridgehead atoms. The molecule has 0 atom stereocenters. The maximum absolute atomic E-state index is 11.9. The van der Waals surface area contributed by atoms with Crippen molar-refractivity contribution in [1.29, 1.82) is 0 Å². The molecule has 0 radical (unpaired) electrons. The van der Waals surface area contributed by atoms with Gasteiger partial charge in [-0.25, -0.2) is 4.98 Å². The summed E-state index contributed by atoms with van der Waals surface area (Å²) in [7, 11) is 0. The fourth-order valence-electron chi connectivity index (χ4n) is 1.86. The molecule has 1 aromatic rings. The number of carbonyl (C=O) groups excluding carboxylic acids is 1. The van der Waals surface area contributed by atoms with Crippen LogP contribution < -0.4 is 5.32 Å². The van der Waals surface area contributed by atoms with Crippen LogP contribution >= 0.6 is 11.3 Å². The molecule has 2 rings (SSSR count). The van der Waals surface area contributed by atoms with Crippen LogP contribution in [0.15, 0.2) is 5.51 Å². The SMILES string of the molecule is Cc1ncsc1CCC(=O)N1CCNCC1. The topological polar surface area (TPSA) is 45.2 Å². The third-order valence-electron chi connectivity index (χ3n) is 2.88. The van der Waals surface area contributed by atoms with Crippen molar-refractivity contribution in [2.45, 2.75) is 19.8 Å². The third kappa shape index (κ3) is 2.80. The molecule has 1 N–H and O–H groups in total. The Morgan fingerprint density at radius 1 is 1.56 bits per heavy atom. The monoisotopic (exact) mass is 239 g/mol. The van der Waals surface area contributed by atoms with E-state index in [9.17, 15) is 4.79 Å². The molecule has 2 heterocycles. The van der Waals surface area contributed by atoms with E-state index < -0.39 is 0 Å². The number of hydrogen-bond donors (Lipinski definition) is 1. The molecule has 0 aliphatic carbocycles. The predicted molar refractivity (Wildman–Crippen MR) is 64.6 cm³/mol. The Balaban J connectivity index is 1.81. The summed E-state index contributed by atoms with van der Waals surface area (Å²) in [6.45, 7) is 5.54. The summed E-state index contributed by atoms with van der Waals surface area (Å²) in [5.74, 6) is 0.273. The van der Waals surface area contributed by atoms with Gasteiger partial charge in [0.15, 0.2) is 0 Å². The van der Waals surface area contributed by atoms with E-state index >= 15 is 0 Å². The lowest BCUT2D eigenvalue weighted by atomic mass is 10.2. The summed E-state index contributed by atoms with van der Waals surface area (Å²) in [5.41, 5.74) is 2.91. The summed E-state index contributed by atoms with van der Waals surface area (Å²) in [4.78, 5) is 19.3. The number of thiazole rings is 1. The minimum Gasteiger partial charge on any atom is -0.340 e. The van der Waals surface area contributed by atoms with Crippen molar-refractivity contribution in [1.82, 2.24) is 15.2 Å². The molecule has 1 aliphatic heterocycles. The first-order chi connectivity index (χ1) is 7.77. The highest BCUT2D eigenvalue weighted by molar-refractivity contribution is 7.09. The molecule has 1 aliphatic rings. The number of amides is 1.